The van der Waals surface area contributed by atoms with Gasteiger partial charge in [0.05, 0.1) is 12.7 Å². The van der Waals surface area contributed by atoms with E-state index in [1.165, 1.54) is 0 Å². The molecule has 1 aromatic heterocycles. The normalized spacial score (nSPS) is 12.2. The third-order valence-corrected chi connectivity index (χ3v) is 2.92. The van der Waals surface area contributed by atoms with Gasteiger partial charge in [-0.2, -0.15) is 0 Å². The molecule has 1 heterocycles. The zero-order chi connectivity index (χ0) is 14.8. The summed E-state index contributed by atoms with van der Waals surface area (Å²) in [5.74, 6) is 1.74. The molecule has 6 heteroatoms. The number of hydrogen-bond acceptors (Lipinski definition) is 6. The third kappa shape index (κ3) is 5.30. The number of nitrogens with zero attached hydrogens (tertiary/aromatic N) is 2. The van der Waals surface area contributed by atoms with Crippen molar-refractivity contribution in [1.29, 1.82) is 0 Å². The van der Waals surface area contributed by atoms with Gasteiger partial charge in [0.2, 0.25) is 0 Å². The first-order valence-corrected chi connectivity index (χ1v) is 7.21. The second kappa shape index (κ2) is 9.50. The lowest BCUT2D eigenvalue weighted by Gasteiger charge is -2.15. The fourth-order valence-electron chi connectivity index (χ4n) is 2.00. The molecule has 0 spiro atoms. The van der Waals surface area contributed by atoms with Gasteiger partial charge in [0, 0.05) is 25.8 Å². The van der Waals surface area contributed by atoms with Crippen molar-refractivity contribution >= 4 is 11.6 Å². The van der Waals surface area contributed by atoms with Crippen LogP contribution in [-0.4, -0.2) is 48.0 Å². The summed E-state index contributed by atoms with van der Waals surface area (Å²) in [6.07, 6.45) is 3.70. The summed E-state index contributed by atoms with van der Waals surface area (Å²) in [6.45, 7) is 6.03. The highest BCUT2D eigenvalue weighted by Crippen LogP contribution is 2.21. The van der Waals surface area contributed by atoms with Crippen LogP contribution in [-0.2, 0) is 11.2 Å². The van der Waals surface area contributed by atoms with Gasteiger partial charge in [-0.3, -0.25) is 0 Å². The van der Waals surface area contributed by atoms with E-state index in [1.54, 1.807) is 13.4 Å². The van der Waals surface area contributed by atoms with Gasteiger partial charge in [0.15, 0.2) is 0 Å². The van der Waals surface area contributed by atoms with E-state index < -0.39 is 6.10 Å². The largest absolute Gasteiger partial charge is 0.391 e. The van der Waals surface area contributed by atoms with Gasteiger partial charge < -0.3 is 20.5 Å². The number of methoxy groups -OCH3 is 1. The van der Waals surface area contributed by atoms with Crippen LogP contribution in [0.3, 0.4) is 0 Å². The molecule has 0 fully saturated rings. The average Bonchev–Trinajstić information content (AvgIpc) is 2.43. The third-order valence-electron chi connectivity index (χ3n) is 2.92. The molecule has 0 bridgehead atoms. The molecule has 1 rings (SSSR count). The van der Waals surface area contributed by atoms with Gasteiger partial charge in [-0.1, -0.05) is 13.3 Å². The van der Waals surface area contributed by atoms with Crippen LogP contribution >= 0.6 is 0 Å². The van der Waals surface area contributed by atoms with Crippen molar-refractivity contribution in [1.82, 2.24) is 9.97 Å². The molecule has 0 amide bonds. The summed E-state index contributed by atoms with van der Waals surface area (Å²) in [4.78, 5) is 8.60. The van der Waals surface area contributed by atoms with E-state index in [0.717, 1.165) is 36.6 Å². The van der Waals surface area contributed by atoms with Crippen molar-refractivity contribution < 1.29 is 9.84 Å². The van der Waals surface area contributed by atoms with Gasteiger partial charge in [0.1, 0.15) is 18.0 Å². The molecule has 3 N–H and O–H groups in total. The van der Waals surface area contributed by atoms with Crippen molar-refractivity contribution in [2.45, 2.75) is 39.2 Å². The Bertz CT molecular complexity index is 387. The molecule has 20 heavy (non-hydrogen) atoms. The molecule has 1 atom stereocenters. The Labute approximate surface area is 121 Å². The Balaban J connectivity index is 2.65. The van der Waals surface area contributed by atoms with Crippen LogP contribution in [0.2, 0.25) is 0 Å². The summed E-state index contributed by atoms with van der Waals surface area (Å²) in [5, 5.41) is 16.2. The fourth-order valence-corrected chi connectivity index (χ4v) is 2.00. The number of aromatic nitrogens is 2. The van der Waals surface area contributed by atoms with Crippen molar-refractivity contribution in [3.63, 3.8) is 0 Å². The van der Waals surface area contributed by atoms with E-state index >= 15 is 0 Å². The number of nitrogens with one attached hydrogen (secondary N) is 2. The summed E-state index contributed by atoms with van der Waals surface area (Å²) < 4.78 is 4.91. The molecule has 0 saturated carbocycles. The van der Waals surface area contributed by atoms with Gasteiger partial charge in [-0.05, 0) is 19.8 Å². The zero-order valence-electron chi connectivity index (χ0n) is 12.6. The van der Waals surface area contributed by atoms with E-state index in [4.69, 9.17) is 4.74 Å². The highest BCUT2D eigenvalue weighted by Gasteiger charge is 2.10. The van der Waals surface area contributed by atoms with E-state index in [-0.39, 0.29) is 0 Å². The van der Waals surface area contributed by atoms with Crippen LogP contribution in [0.4, 0.5) is 11.6 Å². The quantitative estimate of drug-likeness (QED) is 0.606. The van der Waals surface area contributed by atoms with Crippen LogP contribution in [0.15, 0.2) is 6.33 Å². The molecule has 0 aliphatic rings. The first-order valence-electron chi connectivity index (χ1n) is 7.21. The number of ether oxygens (including phenoxy) is 1. The Kier molecular flexibility index (Phi) is 7.91. The number of rotatable bonds is 10. The monoisotopic (exact) mass is 282 g/mol. The molecule has 0 saturated heterocycles. The molecule has 0 aliphatic heterocycles. The van der Waals surface area contributed by atoms with Crippen LogP contribution in [0, 0.1) is 0 Å². The maximum atomic E-state index is 9.63. The summed E-state index contributed by atoms with van der Waals surface area (Å²) in [7, 11) is 1.59. The van der Waals surface area contributed by atoms with Gasteiger partial charge in [0.25, 0.3) is 0 Å². The standard InChI is InChI=1S/C14H26N4O2/c1-4-6-12-13(15-5-2)17-10-18-14(12)16-8-7-11(19)9-20-3/h10-11,19H,4-9H2,1-3H3,(H2,15,16,17,18). The topological polar surface area (TPSA) is 79.3 Å². The lowest BCUT2D eigenvalue weighted by molar-refractivity contribution is 0.0615. The van der Waals surface area contributed by atoms with Gasteiger partial charge in [-0.15, -0.1) is 0 Å². The highest BCUT2D eigenvalue weighted by molar-refractivity contribution is 5.57. The molecular weight excluding hydrogens is 256 g/mol. The molecule has 1 aromatic rings. The van der Waals surface area contributed by atoms with E-state index in [2.05, 4.69) is 27.5 Å². The molecule has 0 radical (unpaired) electrons. The van der Waals surface area contributed by atoms with Gasteiger partial charge in [-0.25, -0.2) is 9.97 Å². The van der Waals surface area contributed by atoms with Crippen LogP contribution in [0.5, 0.6) is 0 Å². The molecule has 114 valence electrons. The SMILES string of the molecule is CCCc1c(NCC)ncnc1NCCC(O)COC. The summed E-state index contributed by atoms with van der Waals surface area (Å²) in [6, 6.07) is 0. The Hall–Kier alpha value is -1.40. The van der Waals surface area contributed by atoms with E-state index in [1.807, 2.05) is 6.92 Å². The molecular formula is C14H26N4O2. The number of aliphatic hydroxyl groups is 1. The van der Waals surface area contributed by atoms with Gasteiger partial charge >= 0.3 is 0 Å². The second-order valence-corrected chi connectivity index (χ2v) is 4.65. The summed E-state index contributed by atoms with van der Waals surface area (Å²) >= 11 is 0. The maximum Gasteiger partial charge on any atom is 0.134 e. The number of hydrogen-bond donors (Lipinski definition) is 3. The van der Waals surface area contributed by atoms with Crippen molar-refractivity contribution in [3.05, 3.63) is 11.9 Å². The van der Waals surface area contributed by atoms with Crippen LogP contribution in [0.1, 0.15) is 32.3 Å². The summed E-state index contributed by atoms with van der Waals surface area (Å²) in [5.41, 5.74) is 1.11. The average molecular weight is 282 g/mol. The van der Waals surface area contributed by atoms with Crippen LogP contribution < -0.4 is 10.6 Å². The highest BCUT2D eigenvalue weighted by atomic mass is 16.5. The lowest BCUT2D eigenvalue weighted by atomic mass is 10.1. The maximum absolute atomic E-state index is 9.63. The number of anilines is 2. The Morgan fingerprint density at radius 2 is 1.95 bits per heavy atom. The minimum atomic E-state index is -0.447. The lowest BCUT2D eigenvalue weighted by Crippen LogP contribution is -2.19. The Morgan fingerprint density at radius 1 is 1.25 bits per heavy atom. The number of aliphatic hydroxyl groups excluding tert-OH is 1. The minimum absolute atomic E-state index is 0.357. The molecule has 0 aromatic carbocycles. The Morgan fingerprint density at radius 3 is 2.55 bits per heavy atom. The van der Waals surface area contributed by atoms with Crippen molar-refractivity contribution in [2.24, 2.45) is 0 Å². The van der Waals surface area contributed by atoms with Crippen LogP contribution in [0.25, 0.3) is 0 Å². The second-order valence-electron chi connectivity index (χ2n) is 4.65. The predicted octanol–water partition coefficient (Wildman–Crippen LogP) is 1.67. The first-order chi connectivity index (χ1) is 9.72. The smallest absolute Gasteiger partial charge is 0.134 e. The molecule has 1 unspecified atom stereocenters. The first kappa shape index (κ1) is 16.7. The predicted molar refractivity (Wildman–Crippen MR) is 81.2 cm³/mol. The molecule has 0 aliphatic carbocycles. The van der Waals surface area contributed by atoms with E-state index in [0.29, 0.717) is 19.6 Å². The molecule has 6 nitrogen and oxygen atoms in total. The van der Waals surface area contributed by atoms with Crippen molar-refractivity contribution in [2.75, 3.05) is 37.4 Å². The van der Waals surface area contributed by atoms with E-state index in [9.17, 15) is 5.11 Å². The fraction of sp³-hybridized carbons (Fsp3) is 0.714. The minimum Gasteiger partial charge on any atom is -0.391 e. The zero-order valence-corrected chi connectivity index (χ0v) is 12.6. The van der Waals surface area contributed by atoms with Crippen molar-refractivity contribution in [3.8, 4) is 0 Å².